The van der Waals surface area contributed by atoms with Crippen molar-refractivity contribution in [2.24, 2.45) is 10.8 Å². The molecular formula is C13H21BrN2O. The van der Waals surface area contributed by atoms with Crippen LogP contribution in [-0.2, 0) is 4.79 Å². The molecule has 4 bridgehead atoms. The first-order valence-electron chi connectivity index (χ1n) is 6.15. The van der Waals surface area contributed by atoms with Crippen LogP contribution in [0, 0.1) is 10.8 Å². The van der Waals surface area contributed by atoms with E-state index < -0.39 is 0 Å². The smallest absolute Gasteiger partial charge is 0.158 e. The van der Waals surface area contributed by atoms with E-state index in [2.05, 4.69) is 25.3 Å². The average molecular weight is 301 g/mol. The third-order valence-corrected chi connectivity index (χ3v) is 4.63. The maximum atomic E-state index is 12.5. The first kappa shape index (κ1) is 13.2. The minimum atomic E-state index is -0.105. The number of hydrogen-bond acceptors (Lipinski definition) is 2. The topological polar surface area (TPSA) is 20.3 Å². The Bertz CT molecular complexity index is 360. The zero-order chi connectivity index (χ0) is 11.6. The number of rotatable bonds is 2. The van der Waals surface area contributed by atoms with Crippen molar-refractivity contribution < 1.29 is 26.3 Å². The summed E-state index contributed by atoms with van der Waals surface area (Å²) >= 11 is 0. The van der Waals surface area contributed by atoms with Crippen molar-refractivity contribution in [1.82, 2.24) is 4.90 Å². The zero-order valence-electron chi connectivity index (χ0n) is 10.7. The first-order chi connectivity index (χ1) is 7.41. The van der Waals surface area contributed by atoms with Gasteiger partial charge in [-0.05, 0) is 19.9 Å². The molecule has 4 rings (SSSR count). The summed E-state index contributed by atoms with van der Waals surface area (Å²) in [5, 5.41) is 0. The van der Waals surface area contributed by atoms with Crippen molar-refractivity contribution in [1.29, 1.82) is 0 Å². The van der Waals surface area contributed by atoms with Crippen molar-refractivity contribution in [2.75, 3.05) is 39.4 Å². The molecule has 2 unspecified atom stereocenters. The predicted molar refractivity (Wildman–Crippen MR) is 62.7 cm³/mol. The highest BCUT2D eigenvalue weighted by Crippen LogP contribution is 2.49. The van der Waals surface area contributed by atoms with E-state index in [0.717, 1.165) is 43.9 Å². The molecule has 4 fully saturated rings. The van der Waals surface area contributed by atoms with Crippen LogP contribution in [0.3, 0.4) is 0 Å². The van der Waals surface area contributed by atoms with E-state index in [1.54, 1.807) is 0 Å². The van der Waals surface area contributed by atoms with Crippen LogP contribution in [-0.4, -0.2) is 54.6 Å². The van der Waals surface area contributed by atoms with Gasteiger partial charge in [0.25, 0.3) is 0 Å². The van der Waals surface area contributed by atoms with Crippen LogP contribution in [0.5, 0.6) is 0 Å². The normalized spacial score (nSPS) is 51.2. The van der Waals surface area contributed by atoms with Gasteiger partial charge in [-0.25, -0.2) is 0 Å². The molecule has 4 saturated heterocycles. The van der Waals surface area contributed by atoms with Crippen LogP contribution >= 0.6 is 0 Å². The Morgan fingerprint density at radius 2 is 1.88 bits per heavy atom. The Morgan fingerprint density at radius 1 is 1.35 bits per heavy atom. The number of carbonyl (C=O) groups is 1. The molecule has 0 aromatic heterocycles. The van der Waals surface area contributed by atoms with E-state index in [1.807, 2.05) is 6.08 Å². The molecule has 0 N–H and O–H groups in total. The minimum Gasteiger partial charge on any atom is -1.00 e. The summed E-state index contributed by atoms with van der Waals surface area (Å²) in [7, 11) is 0. The van der Waals surface area contributed by atoms with Crippen molar-refractivity contribution >= 4 is 5.78 Å². The van der Waals surface area contributed by atoms with Gasteiger partial charge in [0.1, 0.15) is 6.67 Å². The Balaban J connectivity index is 0.00000108. The molecule has 0 spiro atoms. The second-order valence-corrected chi connectivity index (χ2v) is 6.71. The number of ketones is 1. The molecular weight excluding hydrogens is 280 g/mol. The van der Waals surface area contributed by atoms with Crippen LogP contribution in [0.2, 0.25) is 0 Å². The lowest BCUT2D eigenvalue weighted by atomic mass is 9.62. The fraction of sp³-hybridized carbons (Fsp3) is 0.769. The molecule has 4 heterocycles. The fourth-order valence-corrected chi connectivity index (χ4v) is 4.78. The van der Waals surface area contributed by atoms with Gasteiger partial charge in [0.05, 0.1) is 30.5 Å². The van der Waals surface area contributed by atoms with E-state index in [4.69, 9.17) is 0 Å². The first-order valence-corrected chi connectivity index (χ1v) is 6.15. The molecule has 4 heteroatoms. The van der Waals surface area contributed by atoms with Crippen molar-refractivity contribution in [3.63, 3.8) is 0 Å². The Hall–Kier alpha value is -0.190. The van der Waals surface area contributed by atoms with E-state index in [9.17, 15) is 4.79 Å². The Kier molecular flexibility index (Phi) is 2.85. The maximum Gasteiger partial charge on any atom is 0.158 e. The minimum absolute atomic E-state index is 0. The number of Topliss-reactive ketones (excluding diaryl/α,β-unsaturated/α-hetero) is 1. The van der Waals surface area contributed by atoms with Crippen molar-refractivity contribution in [3.05, 3.63) is 12.7 Å². The highest BCUT2D eigenvalue weighted by Gasteiger charge is 2.65. The van der Waals surface area contributed by atoms with Crippen LogP contribution in [0.1, 0.15) is 13.8 Å². The standard InChI is InChI=1S/C13H21N2O.BrH/c1-4-5-15-8-12(2)6-14(10-15)7-13(3,9-15)11(12)16;/h4H,1,5-10H2,2-3H3;1H/q+1;/p-1. The van der Waals surface area contributed by atoms with Gasteiger partial charge in [-0.3, -0.25) is 9.69 Å². The number of hydrogen-bond donors (Lipinski definition) is 0. The van der Waals surface area contributed by atoms with Crippen molar-refractivity contribution in [3.8, 4) is 0 Å². The van der Waals surface area contributed by atoms with Gasteiger partial charge in [0.2, 0.25) is 0 Å². The second kappa shape index (κ2) is 3.65. The lowest BCUT2D eigenvalue weighted by Crippen LogP contribution is -3.00. The summed E-state index contributed by atoms with van der Waals surface area (Å²) in [5.74, 6) is 0.508. The molecule has 0 amide bonds. The van der Waals surface area contributed by atoms with E-state index in [-0.39, 0.29) is 27.8 Å². The molecule has 0 radical (unpaired) electrons. The SMILES string of the molecule is C=CC[N+]12CN3CC(C)(C1)C(=O)C(C)(C3)C2.[Br-]. The summed E-state index contributed by atoms with van der Waals surface area (Å²) in [6.45, 7) is 14.3. The van der Waals surface area contributed by atoms with Gasteiger partial charge in [0.15, 0.2) is 5.78 Å². The van der Waals surface area contributed by atoms with E-state index >= 15 is 0 Å². The van der Waals surface area contributed by atoms with E-state index in [0.29, 0.717) is 5.78 Å². The van der Waals surface area contributed by atoms with Crippen LogP contribution in [0.4, 0.5) is 0 Å². The third kappa shape index (κ3) is 1.65. The van der Waals surface area contributed by atoms with Gasteiger partial charge < -0.3 is 21.5 Å². The van der Waals surface area contributed by atoms with Gasteiger partial charge in [-0.15, -0.1) is 0 Å². The van der Waals surface area contributed by atoms with Crippen molar-refractivity contribution in [2.45, 2.75) is 13.8 Å². The van der Waals surface area contributed by atoms with Gasteiger partial charge in [-0.2, -0.15) is 0 Å². The molecule has 0 saturated carbocycles. The molecule has 4 aliphatic heterocycles. The molecule has 96 valence electrons. The summed E-state index contributed by atoms with van der Waals surface area (Å²) in [4.78, 5) is 15.0. The molecule has 0 aromatic carbocycles. The van der Waals surface area contributed by atoms with E-state index in [1.165, 1.54) is 0 Å². The highest BCUT2D eigenvalue weighted by molar-refractivity contribution is 5.92. The molecule has 0 aromatic rings. The Labute approximate surface area is 114 Å². The molecule has 0 aliphatic carbocycles. The molecule has 2 atom stereocenters. The number of quaternary nitrogens is 1. The summed E-state index contributed by atoms with van der Waals surface area (Å²) in [6, 6.07) is 0. The number of nitrogens with zero attached hydrogens (tertiary/aromatic N) is 2. The Morgan fingerprint density at radius 3 is 2.35 bits per heavy atom. The van der Waals surface area contributed by atoms with Crippen LogP contribution in [0.15, 0.2) is 12.7 Å². The average Bonchev–Trinajstić information content (AvgIpc) is 2.12. The molecule has 4 aliphatic rings. The number of halogens is 1. The largest absolute Gasteiger partial charge is 1.00 e. The zero-order valence-corrected chi connectivity index (χ0v) is 12.3. The summed E-state index contributed by atoms with van der Waals surface area (Å²) < 4.78 is 1.06. The third-order valence-electron chi connectivity index (χ3n) is 4.63. The van der Waals surface area contributed by atoms with Crippen LogP contribution in [0.25, 0.3) is 0 Å². The second-order valence-electron chi connectivity index (χ2n) is 6.71. The van der Waals surface area contributed by atoms with Gasteiger partial charge >= 0.3 is 0 Å². The summed E-state index contributed by atoms with van der Waals surface area (Å²) in [6.07, 6.45) is 2.02. The van der Waals surface area contributed by atoms with Gasteiger partial charge in [0, 0.05) is 13.1 Å². The molecule has 3 nitrogen and oxygen atoms in total. The predicted octanol–water partition coefficient (Wildman–Crippen LogP) is -2.12. The van der Waals surface area contributed by atoms with Crippen LogP contribution < -0.4 is 17.0 Å². The lowest BCUT2D eigenvalue weighted by Gasteiger charge is -2.64. The quantitative estimate of drug-likeness (QED) is 0.429. The van der Waals surface area contributed by atoms with Gasteiger partial charge in [-0.1, -0.05) is 6.58 Å². The number of carbonyl (C=O) groups excluding carboxylic acids is 1. The maximum absolute atomic E-state index is 12.5. The fourth-order valence-electron chi connectivity index (χ4n) is 4.78. The summed E-state index contributed by atoms with van der Waals surface area (Å²) in [5.41, 5.74) is -0.209. The number of piperidine rings is 2. The lowest BCUT2D eigenvalue weighted by molar-refractivity contribution is -0.958. The highest BCUT2D eigenvalue weighted by atomic mass is 79.9. The molecule has 17 heavy (non-hydrogen) atoms. The monoisotopic (exact) mass is 300 g/mol.